The van der Waals surface area contributed by atoms with E-state index in [9.17, 15) is 4.79 Å². The van der Waals surface area contributed by atoms with E-state index in [0.717, 1.165) is 47.4 Å². The summed E-state index contributed by atoms with van der Waals surface area (Å²) < 4.78 is 13.5. The lowest BCUT2D eigenvalue weighted by atomic mass is 10.2. The second-order valence-corrected chi connectivity index (χ2v) is 8.74. The number of amides is 1. The summed E-state index contributed by atoms with van der Waals surface area (Å²) in [6, 6.07) is 13.5. The Labute approximate surface area is 202 Å². The third-order valence-corrected chi connectivity index (χ3v) is 6.70. The smallest absolute Gasteiger partial charge is 0.243 e. The molecule has 2 aromatic carbocycles. The molecule has 0 unspecified atom stereocenters. The molecule has 0 saturated heterocycles. The van der Waals surface area contributed by atoms with Crippen LogP contribution in [0.15, 0.2) is 48.8 Å². The van der Waals surface area contributed by atoms with Crippen LogP contribution >= 0.6 is 0 Å². The average Bonchev–Trinajstić information content (AvgIpc) is 3.47. The van der Waals surface area contributed by atoms with Crippen LogP contribution in [-0.4, -0.2) is 47.2 Å². The molecule has 0 bridgehead atoms. The minimum absolute atomic E-state index is 0.127. The average molecular weight is 471 g/mol. The Morgan fingerprint density at radius 3 is 2.97 bits per heavy atom. The number of aromatic nitrogens is 3. The number of nitrogen functional groups attached to an aromatic ring is 1. The van der Waals surface area contributed by atoms with Crippen molar-refractivity contribution in [1.29, 1.82) is 0 Å². The van der Waals surface area contributed by atoms with Crippen molar-refractivity contribution in [3.8, 4) is 17.2 Å². The largest absolute Gasteiger partial charge is 0.494 e. The molecule has 178 valence electrons. The molecule has 4 aromatic rings. The highest BCUT2D eigenvalue weighted by Crippen LogP contribution is 2.38. The monoisotopic (exact) mass is 470 g/mol. The number of anilines is 3. The summed E-state index contributed by atoms with van der Waals surface area (Å²) in [4.78, 5) is 23.7. The van der Waals surface area contributed by atoms with E-state index in [4.69, 9.17) is 15.2 Å². The van der Waals surface area contributed by atoms with Crippen LogP contribution in [0.2, 0.25) is 0 Å². The van der Waals surface area contributed by atoms with Gasteiger partial charge in [-0.05, 0) is 49.1 Å². The zero-order valence-electron chi connectivity index (χ0n) is 19.5. The molecule has 1 amide bonds. The number of nitrogens with two attached hydrogens (primary N) is 1. The van der Waals surface area contributed by atoms with Gasteiger partial charge in [0, 0.05) is 17.4 Å². The molecule has 9 nitrogen and oxygen atoms in total. The summed E-state index contributed by atoms with van der Waals surface area (Å²) in [5.74, 6) is 1.69. The van der Waals surface area contributed by atoms with Crippen LogP contribution in [0.25, 0.3) is 16.7 Å². The Hall–Kier alpha value is -4.27. The van der Waals surface area contributed by atoms with Crippen molar-refractivity contribution in [2.24, 2.45) is 0 Å². The maximum Gasteiger partial charge on any atom is 0.243 e. The van der Waals surface area contributed by atoms with Gasteiger partial charge in [0.15, 0.2) is 5.82 Å². The number of para-hydroxylation sites is 2. The van der Waals surface area contributed by atoms with Crippen LogP contribution in [-0.2, 0) is 17.6 Å². The normalized spacial score (nSPS) is 14.4. The molecule has 1 aliphatic heterocycles. The number of hydrogen-bond acceptors (Lipinski definition) is 7. The van der Waals surface area contributed by atoms with Crippen molar-refractivity contribution >= 4 is 34.1 Å². The quantitative estimate of drug-likeness (QED) is 0.461. The first-order valence-electron chi connectivity index (χ1n) is 11.7. The minimum Gasteiger partial charge on any atom is -0.494 e. The standard InChI is InChI=1S/C26H26N6O3/c1-34-22-13-16(32-19-7-4-5-17(19)24-25(32)26(27)29-15-28-24)9-10-18(22)30-23(33)14-31-11-12-35-21-8-3-2-6-20(21)31/h2-3,6,8-10,13,15H,4-5,7,11-12,14H2,1H3,(H,30,33)(H2,27,28,29). The van der Waals surface area contributed by atoms with Gasteiger partial charge in [-0.25, -0.2) is 9.97 Å². The number of nitrogens with zero attached hydrogens (tertiary/aromatic N) is 4. The van der Waals surface area contributed by atoms with E-state index in [1.54, 1.807) is 7.11 Å². The van der Waals surface area contributed by atoms with Crippen molar-refractivity contribution < 1.29 is 14.3 Å². The number of aryl methyl sites for hydroxylation is 1. The molecule has 0 saturated carbocycles. The molecule has 0 fully saturated rings. The van der Waals surface area contributed by atoms with E-state index in [1.807, 2.05) is 47.4 Å². The molecular weight excluding hydrogens is 444 g/mol. The molecule has 35 heavy (non-hydrogen) atoms. The fraction of sp³-hybridized carbons (Fsp3) is 0.269. The number of carbonyl (C=O) groups excluding carboxylic acids is 1. The molecule has 3 heterocycles. The van der Waals surface area contributed by atoms with Crippen LogP contribution in [0.1, 0.15) is 17.7 Å². The van der Waals surface area contributed by atoms with E-state index in [-0.39, 0.29) is 12.5 Å². The fourth-order valence-corrected chi connectivity index (χ4v) is 5.16. The molecule has 2 aromatic heterocycles. The maximum absolute atomic E-state index is 13.0. The van der Waals surface area contributed by atoms with Crippen molar-refractivity contribution in [1.82, 2.24) is 14.5 Å². The third-order valence-electron chi connectivity index (χ3n) is 6.70. The zero-order chi connectivity index (χ0) is 23.9. The van der Waals surface area contributed by atoms with E-state index in [0.29, 0.717) is 30.4 Å². The number of methoxy groups -OCH3 is 1. The Morgan fingerprint density at radius 1 is 1.20 bits per heavy atom. The van der Waals surface area contributed by atoms with Gasteiger partial charge in [-0.2, -0.15) is 0 Å². The van der Waals surface area contributed by atoms with E-state index < -0.39 is 0 Å². The zero-order valence-corrected chi connectivity index (χ0v) is 19.5. The van der Waals surface area contributed by atoms with Crippen molar-refractivity contribution in [2.75, 3.05) is 42.8 Å². The minimum atomic E-state index is -0.127. The Bertz CT molecular complexity index is 1450. The SMILES string of the molecule is COc1cc(-n2c3c(c4ncnc(N)c42)CCC3)ccc1NC(=O)CN1CCOc2ccccc21. The molecule has 0 spiro atoms. The van der Waals surface area contributed by atoms with Crippen LogP contribution in [0, 0.1) is 0 Å². The van der Waals surface area contributed by atoms with Crippen LogP contribution in [0.5, 0.6) is 11.5 Å². The predicted octanol–water partition coefficient (Wildman–Crippen LogP) is 3.34. The Balaban J connectivity index is 1.29. The topological polar surface area (TPSA) is 108 Å². The van der Waals surface area contributed by atoms with Crippen molar-refractivity contribution in [2.45, 2.75) is 19.3 Å². The predicted molar refractivity (Wildman–Crippen MR) is 135 cm³/mol. The summed E-state index contributed by atoms with van der Waals surface area (Å²) in [6.07, 6.45) is 4.53. The van der Waals surface area contributed by atoms with Crippen molar-refractivity contribution in [3.05, 3.63) is 60.0 Å². The molecule has 6 rings (SSSR count). The molecule has 0 atom stereocenters. The summed E-state index contributed by atoms with van der Waals surface area (Å²) in [5.41, 5.74) is 12.9. The van der Waals surface area contributed by atoms with Gasteiger partial charge in [-0.3, -0.25) is 4.79 Å². The number of carbonyl (C=O) groups is 1. The van der Waals surface area contributed by atoms with E-state index in [2.05, 4.69) is 19.9 Å². The van der Waals surface area contributed by atoms with Crippen LogP contribution < -0.4 is 25.4 Å². The third kappa shape index (κ3) is 3.60. The number of hydrogen-bond donors (Lipinski definition) is 2. The summed E-state index contributed by atoms with van der Waals surface area (Å²) in [7, 11) is 1.60. The molecule has 1 aliphatic carbocycles. The number of nitrogens with one attached hydrogen (secondary N) is 1. The lowest BCUT2D eigenvalue weighted by molar-refractivity contribution is -0.115. The lowest BCUT2D eigenvalue weighted by Gasteiger charge is -2.30. The van der Waals surface area contributed by atoms with Crippen LogP contribution in [0.4, 0.5) is 17.2 Å². The van der Waals surface area contributed by atoms with E-state index >= 15 is 0 Å². The van der Waals surface area contributed by atoms with Gasteiger partial charge in [0.1, 0.15) is 29.9 Å². The fourth-order valence-electron chi connectivity index (χ4n) is 5.16. The van der Waals surface area contributed by atoms with Crippen LogP contribution in [0.3, 0.4) is 0 Å². The molecule has 3 N–H and O–H groups in total. The molecular formula is C26H26N6O3. The van der Waals surface area contributed by atoms with Crippen molar-refractivity contribution in [3.63, 3.8) is 0 Å². The summed E-state index contributed by atoms with van der Waals surface area (Å²) in [6.45, 7) is 1.41. The Kier molecular flexibility index (Phi) is 5.17. The first-order valence-corrected chi connectivity index (χ1v) is 11.7. The van der Waals surface area contributed by atoms with Gasteiger partial charge in [0.25, 0.3) is 0 Å². The second kappa shape index (κ2) is 8.50. The maximum atomic E-state index is 13.0. The second-order valence-electron chi connectivity index (χ2n) is 8.74. The number of rotatable bonds is 5. The number of fused-ring (bicyclic) bond motifs is 4. The molecule has 0 radical (unpaired) electrons. The molecule has 2 aliphatic rings. The van der Waals surface area contributed by atoms with Gasteiger partial charge < -0.3 is 30.0 Å². The van der Waals surface area contributed by atoms with Gasteiger partial charge in [-0.1, -0.05) is 12.1 Å². The first kappa shape index (κ1) is 21.3. The number of benzene rings is 2. The van der Waals surface area contributed by atoms with E-state index in [1.165, 1.54) is 17.6 Å². The first-order chi connectivity index (χ1) is 17.1. The van der Waals surface area contributed by atoms with Gasteiger partial charge in [0.05, 0.1) is 37.1 Å². The highest BCUT2D eigenvalue weighted by atomic mass is 16.5. The number of ether oxygens (including phenoxy) is 2. The highest BCUT2D eigenvalue weighted by molar-refractivity contribution is 5.96. The molecule has 9 heteroatoms. The van der Waals surface area contributed by atoms with Gasteiger partial charge in [0.2, 0.25) is 5.91 Å². The Morgan fingerprint density at radius 2 is 2.09 bits per heavy atom. The highest BCUT2D eigenvalue weighted by Gasteiger charge is 2.26. The van der Waals surface area contributed by atoms with Gasteiger partial charge in [-0.15, -0.1) is 0 Å². The lowest BCUT2D eigenvalue weighted by Crippen LogP contribution is -2.38. The summed E-state index contributed by atoms with van der Waals surface area (Å²) >= 11 is 0. The van der Waals surface area contributed by atoms with Gasteiger partial charge >= 0.3 is 0 Å². The summed E-state index contributed by atoms with van der Waals surface area (Å²) in [5, 5.41) is 3.01.